The number of anilines is 2. The summed E-state index contributed by atoms with van der Waals surface area (Å²) in [6.45, 7) is 0.956. The molecule has 0 spiro atoms. The Hall–Kier alpha value is -1.83. The number of hydrogen-bond donors (Lipinski definition) is 1. The van der Waals surface area contributed by atoms with Crippen LogP contribution >= 0.6 is 11.8 Å². The van der Waals surface area contributed by atoms with Gasteiger partial charge in [0.05, 0.1) is 44.8 Å². The molecule has 6 nitrogen and oxygen atoms in total. The van der Waals surface area contributed by atoms with Crippen molar-refractivity contribution in [3.8, 4) is 0 Å². The summed E-state index contributed by atoms with van der Waals surface area (Å²) >= 11 is 1.44. The van der Waals surface area contributed by atoms with Crippen LogP contribution in [-0.4, -0.2) is 42.0 Å². The molecule has 110 valence electrons. The fraction of sp³-hybridized carbons (Fsp3) is 0.286. The lowest BCUT2D eigenvalue weighted by molar-refractivity contribution is -0.838. The maximum atomic E-state index is 12.0. The molecule has 0 fully saturated rings. The predicted molar refractivity (Wildman–Crippen MR) is 82.8 cm³/mol. The van der Waals surface area contributed by atoms with Crippen molar-refractivity contribution in [1.29, 1.82) is 0 Å². The van der Waals surface area contributed by atoms with Gasteiger partial charge in [-0.15, -0.1) is 0 Å². The van der Waals surface area contributed by atoms with E-state index in [1.54, 1.807) is 20.3 Å². The van der Waals surface area contributed by atoms with Crippen LogP contribution < -0.4 is 10.5 Å². The van der Waals surface area contributed by atoms with Gasteiger partial charge in [-0.1, -0.05) is 23.9 Å². The van der Waals surface area contributed by atoms with E-state index in [2.05, 4.69) is 10.2 Å². The molecule has 21 heavy (non-hydrogen) atoms. The first-order chi connectivity index (χ1) is 9.96. The Morgan fingerprint density at radius 1 is 1.33 bits per heavy atom. The van der Waals surface area contributed by atoms with E-state index in [4.69, 9.17) is 0 Å². The highest BCUT2D eigenvalue weighted by Gasteiger charge is 2.26. The third-order valence-electron chi connectivity index (χ3n) is 3.31. The van der Waals surface area contributed by atoms with Crippen molar-refractivity contribution in [1.82, 2.24) is 10.2 Å². The molecular formula is C14H16N4O2S. The maximum Gasteiger partial charge on any atom is 0.280 e. The molecule has 0 aliphatic carbocycles. The molecule has 3 rings (SSSR count). The summed E-state index contributed by atoms with van der Waals surface area (Å²) in [4.78, 5) is 15.6. The number of quaternary nitrogens is 1. The van der Waals surface area contributed by atoms with Gasteiger partial charge in [0.25, 0.3) is 5.56 Å². The first-order valence-electron chi connectivity index (χ1n) is 6.62. The van der Waals surface area contributed by atoms with Gasteiger partial charge in [-0.3, -0.25) is 4.79 Å². The quantitative estimate of drug-likeness (QED) is 0.693. The van der Waals surface area contributed by atoms with E-state index in [1.165, 1.54) is 11.8 Å². The zero-order valence-electron chi connectivity index (χ0n) is 11.9. The van der Waals surface area contributed by atoms with E-state index in [1.807, 2.05) is 29.2 Å². The molecule has 1 aliphatic rings. The van der Waals surface area contributed by atoms with Crippen LogP contribution in [0.1, 0.15) is 0 Å². The lowest BCUT2D eigenvalue weighted by Crippen LogP contribution is -2.40. The number of fused-ring (bicyclic) bond motifs is 2. The smallest absolute Gasteiger partial charge is 0.280 e. The van der Waals surface area contributed by atoms with E-state index in [0.717, 1.165) is 16.3 Å². The Morgan fingerprint density at radius 2 is 2.10 bits per heavy atom. The number of aromatic amines is 1. The van der Waals surface area contributed by atoms with E-state index < -0.39 is 0 Å². The molecular weight excluding hydrogens is 288 g/mol. The number of nitrogens with zero attached hydrogens (tertiary/aromatic N) is 3. The Kier molecular flexibility index (Phi) is 3.48. The number of H-pyrrole nitrogens is 1. The van der Waals surface area contributed by atoms with Crippen molar-refractivity contribution in [2.45, 2.75) is 9.79 Å². The molecule has 7 heteroatoms. The van der Waals surface area contributed by atoms with E-state index in [-0.39, 0.29) is 10.2 Å². The van der Waals surface area contributed by atoms with E-state index in [9.17, 15) is 10.0 Å². The molecule has 1 aliphatic heterocycles. The number of benzene rings is 1. The van der Waals surface area contributed by atoms with Gasteiger partial charge in [0.1, 0.15) is 4.90 Å². The lowest BCUT2D eigenvalue weighted by Gasteiger charge is -2.38. The van der Waals surface area contributed by atoms with Gasteiger partial charge in [-0.05, 0) is 12.1 Å². The van der Waals surface area contributed by atoms with E-state index >= 15 is 0 Å². The Morgan fingerprint density at radius 3 is 2.86 bits per heavy atom. The normalized spacial score (nSPS) is 13.8. The lowest BCUT2D eigenvalue weighted by atomic mass is 10.2. The fourth-order valence-electron chi connectivity index (χ4n) is 2.26. The van der Waals surface area contributed by atoms with Crippen LogP contribution in [-0.2, 0) is 0 Å². The molecule has 1 aromatic carbocycles. The average molecular weight is 304 g/mol. The van der Waals surface area contributed by atoms with Crippen molar-refractivity contribution in [2.75, 3.05) is 32.1 Å². The van der Waals surface area contributed by atoms with Crippen LogP contribution in [0.15, 0.2) is 45.0 Å². The minimum Gasteiger partial charge on any atom is -0.633 e. The number of aromatic nitrogens is 2. The predicted octanol–water partition coefficient (Wildman–Crippen LogP) is 1.95. The van der Waals surface area contributed by atoms with Gasteiger partial charge in [0.2, 0.25) is 0 Å². The van der Waals surface area contributed by atoms with Gasteiger partial charge in [0.15, 0.2) is 0 Å². The molecule has 0 unspecified atom stereocenters. The van der Waals surface area contributed by atoms with Crippen molar-refractivity contribution in [3.63, 3.8) is 0 Å². The van der Waals surface area contributed by atoms with Gasteiger partial charge < -0.3 is 14.8 Å². The third-order valence-corrected chi connectivity index (χ3v) is 4.48. The van der Waals surface area contributed by atoms with Crippen molar-refractivity contribution < 1.29 is 4.65 Å². The number of likely N-dealkylation sites (N-methyl/N-ethyl adjacent to an activating group) is 1. The maximum absolute atomic E-state index is 12.0. The van der Waals surface area contributed by atoms with Crippen LogP contribution in [0.5, 0.6) is 0 Å². The van der Waals surface area contributed by atoms with Crippen LogP contribution in [0.3, 0.4) is 0 Å². The summed E-state index contributed by atoms with van der Waals surface area (Å²) in [6.07, 6.45) is 1.64. The van der Waals surface area contributed by atoms with Crippen molar-refractivity contribution in [3.05, 3.63) is 46.0 Å². The van der Waals surface area contributed by atoms with Crippen LogP contribution in [0.2, 0.25) is 0 Å². The molecule has 0 saturated heterocycles. The first kappa shape index (κ1) is 14.1. The zero-order chi connectivity index (χ0) is 15.0. The summed E-state index contributed by atoms with van der Waals surface area (Å²) in [5, 5.41) is 18.2. The van der Waals surface area contributed by atoms with Crippen LogP contribution in [0.25, 0.3) is 0 Å². The molecule has 1 N–H and O–H groups in total. The standard InChI is InChI=1S/C14H16N4O2S/c1-18(2,20)8-7-17-10-5-3-4-6-12(10)21-13-11(17)9-15-16-14(13)19/h3-6,9H,7-8H2,1-2H3,(H,16,19). The minimum atomic E-state index is -0.377. The summed E-state index contributed by atoms with van der Waals surface area (Å²) in [6, 6.07) is 7.87. The second-order valence-electron chi connectivity index (χ2n) is 5.43. The molecule has 0 bridgehead atoms. The molecule has 0 radical (unpaired) electrons. The van der Waals surface area contributed by atoms with Crippen LogP contribution in [0, 0.1) is 5.21 Å². The summed E-state index contributed by atoms with van der Waals surface area (Å²) < 4.78 is -0.377. The van der Waals surface area contributed by atoms with Crippen molar-refractivity contribution >= 4 is 23.1 Å². The second-order valence-corrected chi connectivity index (χ2v) is 6.48. The Labute approximate surface area is 126 Å². The minimum absolute atomic E-state index is 0.201. The summed E-state index contributed by atoms with van der Waals surface area (Å²) in [7, 11) is 3.23. The fourth-order valence-corrected chi connectivity index (χ4v) is 3.31. The highest BCUT2D eigenvalue weighted by Crippen LogP contribution is 2.45. The SMILES string of the molecule is C[N+](C)([O-])CCN1c2ccccc2Sc2c1cn[nH]c2=O. The molecule has 2 heterocycles. The topological polar surface area (TPSA) is 72.0 Å². The highest BCUT2D eigenvalue weighted by atomic mass is 32.2. The number of hydroxylamine groups is 3. The van der Waals surface area contributed by atoms with Gasteiger partial charge in [0, 0.05) is 4.90 Å². The van der Waals surface area contributed by atoms with Crippen LogP contribution in [0.4, 0.5) is 11.4 Å². The third kappa shape index (κ3) is 2.80. The highest BCUT2D eigenvalue weighted by molar-refractivity contribution is 7.99. The molecule has 1 aromatic heterocycles. The summed E-state index contributed by atoms with van der Waals surface area (Å²) in [5.41, 5.74) is 1.57. The monoisotopic (exact) mass is 304 g/mol. The number of hydrogen-bond acceptors (Lipinski definition) is 5. The van der Waals surface area contributed by atoms with Gasteiger partial charge >= 0.3 is 0 Å². The number of rotatable bonds is 3. The summed E-state index contributed by atoms with van der Waals surface area (Å²) in [5.74, 6) is 0. The van der Waals surface area contributed by atoms with Gasteiger partial charge in [-0.25, -0.2) is 5.10 Å². The Balaban J connectivity index is 2.06. The molecule has 0 saturated carbocycles. The Bertz CT molecular complexity index is 723. The molecule has 0 amide bonds. The molecule has 0 atom stereocenters. The van der Waals surface area contributed by atoms with E-state index in [0.29, 0.717) is 18.0 Å². The number of para-hydroxylation sites is 1. The largest absolute Gasteiger partial charge is 0.633 e. The first-order valence-corrected chi connectivity index (χ1v) is 7.43. The zero-order valence-corrected chi connectivity index (χ0v) is 12.7. The average Bonchev–Trinajstić information content (AvgIpc) is 2.43. The molecule has 2 aromatic rings. The van der Waals surface area contributed by atoms with Gasteiger partial charge in [-0.2, -0.15) is 5.10 Å². The van der Waals surface area contributed by atoms with Crippen molar-refractivity contribution in [2.24, 2.45) is 0 Å². The second kappa shape index (κ2) is 5.18. The number of nitrogens with one attached hydrogen (secondary N) is 1.